The predicted molar refractivity (Wildman–Crippen MR) is 127 cm³/mol. The molecule has 3 aliphatic heterocycles. The molecule has 6 rings (SSSR count). The molecule has 2 N–H and O–H groups in total. The molecule has 0 aromatic carbocycles. The highest BCUT2D eigenvalue weighted by Gasteiger charge is 2.21. The molecule has 0 aliphatic carbocycles. The maximum atomic E-state index is 12.3. The van der Waals surface area contributed by atoms with E-state index in [-0.39, 0.29) is 12.5 Å². The number of hydrogen-bond donors (Lipinski definition) is 2. The van der Waals surface area contributed by atoms with E-state index in [9.17, 15) is 4.79 Å². The van der Waals surface area contributed by atoms with E-state index in [2.05, 4.69) is 21.0 Å². The van der Waals surface area contributed by atoms with Crippen molar-refractivity contribution in [3.05, 3.63) is 65.2 Å². The number of aromatic amines is 2. The van der Waals surface area contributed by atoms with Crippen molar-refractivity contribution < 1.29 is 9.53 Å². The smallest absolute Gasteiger partial charge is 0.258 e. The van der Waals surface area contributed by atoms with E-state index < -0.39 is 0 Å². The fourth-order valence-corrected chi connectivity index (χ4v) is 4.73. The first-order chi connectivity index (χ1) is 15.7. The molecule has 3 aromatic heterocycles. The molecule has 0 radical (unpaired) electrons. The summed E-state index contributed by atoms with van der Waals surface area (Å²) in [7, 11) is 0. The molecule has 158 valence electrons. The number of ether oxygens (including phenoxy) is 1. The van der Waals surface area contributed by atoms with Crippen molar-refractivity contribution in [3.8, 4) is 0 Å². The quantitative estimate of drug-likeness (QED) is 0.393. The summed E-state index contributed by atoms with van der Waals surface area (Å²) >= 11 is 1.43. The Morgan fingerprint density at radius 3 is 2.25 bits per heavy atom. The molecule has 8 heteroatoms. The minimum Gasteiger partial charge on any atom is -0.370 e. The van der Waals surface area contributed by atoms with Crippen LogP contribution in [-0.2, 0) is 9.53 Å². The third-order valence-corrected chi connectivity index (χ3v) is 6.42. The first-order valence-electron chi connectivity index (χ1n) is 10.3. The van der Waals surface area contributed by atoms with Crippen LogP contribution in [0.25, 0.3) is 46.4 Å². The van der Waals surface area contributed by atoms with E-state index in [1.165, 1.54) is 11.9 Å². The minimum atomic E-state index is -0.0217. The predicted octanol–water partition coefficient (Wildman–Crippen LogP) is 4.52. The highest BCUT2D eigenvalue weighted by Crippen LogP contribution is 2.30. The molecule has 0 atom stereocenters. The number of H-pyrrole nitrogens is 2. The van der Waals surface area contributed by atoms with Crippen molar-refractivity contribution in [1.82, 2.24) is 24.2 Å². The number of nitrogens with one attached hydrogen (secondary N) is 2. The lowest BCUT2D eigenvalue weighted by Crippen LogP contribution is -2.36. The second kappa shape index (κ2) is 7.81. The van der Waals surface area contributed by atoms with Gasteiger partial charge in [-0.1, -0.05) is 0 Å². The van der Waals surface area contributed by atoms with Gasteiger partial charge in [-0.15, -0.1) is 0 Å². The maximum Gasteiger partial charge on any atom is 0.258 e. The lowest BCUT2D eigenvalue weighted by atomic mass is 10.3. The number of hydrogen-bond acceptors (Lipinski definition) is 5. The van der Waals surface area contributed by atoms with Gasteiger partial charge in [0.05, 0.1) is 46.3 Å². The van der Waals surface area contributed by atoms with Gasteiger partial charge in [0.2, 0.25) is 0 Å². The normalized spacial score (nSPS) is 15.5. The van der Waals surface area contributed by atoms with Gasteiger partial charge in [0.25, 0.3) is 5.91 Å². The van der Waals surface area contributed by atoms with Crippen LogP contribution in [0.3, 0.4) is 0 Å². The highest BCUT2D eigenvalue weighted by atomic mass is 32.2. The minimum absolute atomic E-state index is 0.0217. The summed E-state index contributed by atoms with van der Waals surface area (Å²) in [5, 5.41) is 0. The van der Waals surface area contributed by atoms with Gasteiger partial charge in [-0.25, -0.2) is 9.97 Å². The lowest BCUT2D eigenvalue weighted by molar-refractivity contribution is -0.135. The average molecular weight is 442 g/mol. The van der Waals surface area contributed by atoms with E-state index in [4.69, 9.17) is 9.72 Å². The highest BCUT2D eigenvalue weighted by molar-refractivity contribution is 7.97. The summed E-state index contributed by atoms with van der Waals surface area (Å²) in [5.41, 5.74) is 7.26. The molecule has 1 saturated heterocycles. The van der Waals surface area contributed by atoms with Crippen LogP contribution in [0.2, 0.25) is 0 Å². The van der Waals surface area contributed by atoms with Crippen molar-refractivity contribution >= 4 is 64.2 Å². The summed E-state index contributed by atoms with van der Waals surface area (Å²) < 4.78 is 7.02. The number of carbonyl (C=O) groups excluding carboxylic acids is 1. The molecule has 7 nitrogen and oxygen atoms in total. The zero-order valence-corrected chi connectivity index (χ0v) is 17.9. The van der Waals surface area contributed by atoms with Crippen molar-refractivity contribution in [2.24, 2.45) is 0 Å². The van der Waals surface area contributed by atoms with Gasteiger partial charge in [0, 0.05) is 16.6 Å². The Morgan fingerprint density at radius 2 is 1.50 bits per heavy atom. The van der Waals surface area contributed by atoms with E-state index in [0.717, 1.165) is 49.7 Å². The fraction of sp³-hybridized carbons (Fsp3) is 0.125. The number of carbonyl (C=O) groups is 1. The molecule has 0 saturated carbocycles. The van der Waals surface area contributed by atoms with Gasteiger partial charge >= 0.3 is 0 Å². The summed E-state index contributed by atoms with van der Waals surface area (Å²) in [6.07, 6.45) is 7.95. The van der Waals surface area contributed by atoms with Gasteiger partial charge < -0.3 is 14.7 Å². The van der Waals surface area contributed by atoms with Crippen molar-refractivity contribution in [3.63, 3.8) is 0 Å². The van der Waals surface area contributed by atoms with Gasteiger partial charge in [-0.3, -0.25) is 9.10 Å². The summed E-state index contributed by atoms with van der Waals surface area (Å²) in [5.74, 6) is -0.0217. The third kappa shape index (κ3) is 3.86. The van der Waals surface area contributed by atoms with Gasteiger partial charge in [-0.2, -0.15) is 0 Å². The third-order valence-electron chi connectivity index (χ3n) is 5.28. The van der Waals surface area contributed by atoms with Crippen LogP contribution in [0.4, 0.5) is 0 Å². The van der Waals surface area contributed by atoms with Gasteiger partial charge in [0.15, 0.2) is 0 Å². The zero-order chi connectivity index (χ0) is 21.5. The Bertz CT molecular complexity index is 1450. The maximum absolute atomic E-state index is 12.3. The van der Waals surface area contributed by atoms with Crippen LogP contribution in [0.15, 0.2) is 47.4 Å². The summed E-state index contributed by atoms with van der Waals surface area (Å²) in [6.45, 7) is 1.23. The van der Waals surface area contributed by atoms with Crippen LogP contribution >= 0.6 is 11.9 Å². The van der Waals surface area contributed by atoms with Crippen molar-refractivity contribution in [2.75, 3.05) is 19.8 Å². The Hall–Kier alpha value is -3.62. The summed E-state index contributed by atoms with van der Waals surface area (Å²) in [6, 6.07) is 14.2. The fourth-order valence-electron chi connectivity index (χ4n) is 3.79. The molecular formula is C24H19N5O2S. The molecule has 0 unspecified atom stereocenters. The monoisotopic (exact) mass is 441 g/mol. The number of aromatic nitrogens is 4. The Labute approximate surface area is 188 Å². The van der Waals surface area contributed by atoms with E-state index in [0.29, 0.717) is 13.2 Å². The number of fused-ring (bicyclic) bond motifs is 8. The Morgan fingerprint density at radius 1 is 0.812 bits per heavy atom. The van der Waals surface area contributed by atoms with E-state index in [1.807, 2.05) is 60.7 Å². The van der Waals surface area contributed by atoms with Gasteiger partial charge in [0.1, 0.15) is 6.61 Å². The van der Waals surface area contributed by atoms with Crippen molar-refractivity contribution in [2.45, 2.75) is 4.90 Å². The van der Waals surface area contributed by atoms with Crippen LogP contribution in [-0.4, -0.2) is 49.9 Å². The molecule has 3 aliphatic rings. The second-order valence-electron chi connectivity index (χ2n) is 7.68. The lowest BCUT2D eigenvalue weighted by Gasteiger charge is -2.24. The average Bonchev–Trinajstić information content (AvgIpc) is 3.56. The Balaban J connectivity index is 1.55. The number of morpholine rings is 1. The molecule has 1 amide bonds. The molecular weight excluding hydrogens is 422 g/mol. The summed E-state index contributed by atoms with van der Waals surface area (Å²) in [4.78, 5) is 29.5. The zero-order valence-electron chi connectivity index (χ0n) is 17.0. The second-order valence-corrected chi connectivity index (χ2v) is 8.74. The van der Waals surface area contributed by atoms with E-state index in [1.54, 1.807) is 4.31 Å². The van der Waals surface area contributed by atoms with Crippen LogP contribution < -0.4 is 0 Å². The molecule has 1 fully saturated rings. The first kappa shape index (κ1) is 19.1. The van der Waals surface area contributed by atoms with Crippen LogP contribution in [0.5, 0.6) is 0 Å². The number of nitrogens with zero attached hydrogens (tertiary/aromatic N) is 3. The topological polar surface area (TPSA) is 86.9 Å². The molecule has 3 aromatic rings. The van der Waals surface area contributed by atoms with Crippen LogP contribution in [0.1, 0.15) is 22.8 Å². The number of rotatable bonds is 2. The number of amides is 1. The SMILES string of the molecule is O=C1COCCN1Sc1cc2cc3ccc(cc4nc(cc5nc(cc1[nH]2)C=C5)C=C4)[nH]3. The molecule has 8 bridgehead atoms. The largest absolute Gasteiger partial charge is 0.370 e. The standard InChI is InChI=1S/C24H19N5O2S/c30-24-14-31-8-7-29(24)32-23-13-21-11-19-4-3-17(26-19)9-15-1-2-16(25-15)10-18-5-6-20(27-18)12-22(23)28-21/h1-6,9-13,26,28H,7-8,14H2. The van der Waals surface area contributed by atoms with Crippen LogP contribution in [0, 0.1) is 0 Å². The molecule has 6 heterocycles. The first-order valence-corrected chi connectivity index (χ1v) is 11.1. The van der Waals surface area contributed by atoms with Crippen molar-refractivity contribution in [1.29, 1.82) is 0 Å². The Kier molecular flexibility index (Phi) is 4.66. The van der Waals surface area contributed by atoms with Gasteiger partial charge in [-0.05, 0) is 78.7 Å². The molecule has 0 spiro atoms. The molecule has 32 heavy (non-hydrogen) atoms. The van der Waals surface area contributed by atoms with E-state index >= 15 is 0 Å².